The molecule has 0 aliphatic carbocycles. The van der Waals surface area contributed by atoms with Crippen LogP contribution >= 0.6 is 11.6 Å². The summed E-state index contributed by atoms with van der Waals surface area (Å²) in [5.74, 6) is -1.44. The molecule has 1 atom stereocenters. The third-order valence-electron chi connectivity index (χ3n) is 1.84. The zero-order valence-electron chi connectivity index (χ0n) is 7.43. The molecule has 1 aromatic carbocycles. The van der Waals surface area contributed by atoms with E-state index in [2.05, 4.69) is 6.58 Å². The largest absolute Gasteiger partial charge is 0.324 e. The van der Waals surface area contributed by atoms with Gasteiger partial charge in [-0.2, -0.15) is 0 Å². The van der Waals surface area contributed by atoms with E-state index in [1.165, 1.54) is 6.08 Å². The summed E-state index contributed by atoms with van der Waals surface area (Å²) in [4.78, 5) is 0. The van der Waals surface area contributed by atoms with Crippen molar-refractivity contribution in [1.29, 1.82) is 0 Å². The fraction of sp³-hybridized carbons (Fsp3) is 0.200. The summed E-state index contributed by atoms with van der Waals surface area (Å²) in [6, 6.07) is 1.37. The topological polar surface area (TPSA) is 26.0 Å². The Labute approximate surface area is 86.2 Å². The zero-order valence-corrected chi connectivity index (χ0v) is 8.19. The van der Waals surface area contributed by atoms with Crippen molar-refractivity contribution in [2.45, 2.75) is 12.5 Å². The van der Waals surface area contributed by atoms with Gasteiger partial charge in [-0.3, -0.25) is 0 Å². The van der Waals surface area contributed by atoms with Crippen molar-refractivity contribution in [2.24, 2.45) is 5.73 Å². The standard InChI is InChI=1S/C10H10ClF2N/c1-2-3-9(14)10-7(12)4-6(11)5-8(10)13/h2,4-5,9H,1,3,14H2/t9-/m1/s1. The average molecular weight is 218 g/mol. The van der Waals surface area contributed by atoms with Crippen LogP contribution in [-0.2, 0) is 0 Å². The maximum Gasteiger partial charge on any atom is 0.132 e. The Morgan fingerprint density at radius 1 is 1.43 bits per heavy atom. The summed E-state index contributed by atoms with van der Waals surface area (Å²) in [6.45, 7) is 3.45. The van der Waals surface area contributed by atoms with Crippen LogP contribution in [0.5, 0.6) is 0 Å². The van der Waals surface area contributed by atoms with Gasteiger partial charge in [-0.25, -0.2) is 8.78 Å². The van der Waals surface area contributed by atoms with E-state index in [0.29, 0.717) is 6.42 Å². The van der Waals surface area contributed by atoms with Gasteiger partial charge in [0.15, 0.2) is 0 Å². The van der Waals surface area contributed by atoms with Gasteiger partial charge >= 0.3 is 0 Å². The lowest BCUT2D eigenvalue weighted by Gasteiger charge is -2.11. The molecule has 0 bridgehead atoms. The normalized spacial score (nSPS) is 12.6. The van der Waals surface area contributed by atoms with Gasteiger partial charge in [0.2, 0.25) is 0 Å². The summed E-state index contributed by atoms with van der Waals surface area (Å²) in [7, 11) is 0. The Hall–Kier alpha value is -0.930. The van der Waals surface area contributed by atoms with Crippen molar-refractivity contribution in [3.8, 4) is 0 Å². The summed E-state index contributed by atoms with van der Waals surface area (Å²) in [5.41, 5.74) is 5.42. The lowest BCUT2D eigenvalue weighted by atomic mass is 10.0. The van der Waals surface area contributed by atoms with Crippen molar-refractivity contribution >= 4 is 11.6 Å². The third-order valence-corrected chi connectivity index (χ3v) is 2.05. The molecule has 0 spiro atoms. The van der Waals surface area contributed by atoms with Crippen molar-refractivity contribution in [1.82, 2.24) is 0 Å². The molecule has 14 heavy (non-hydrogen) atoms. The highest BCUT2D eigenvalue weighted by molar-refractivity contribution is 6.30. The van der Waals surface area contributed by atoms with Gasteiger partial charge in [0, 0.05) is 16.6 Å². The molecule has 0 radical (unpaired) electrons. The molecular formula is C10H10ClF2N. The lowest BCUT2D eigenvalue weighted by molar-refractivity contribution is 0.527. The van der Waals surface area contributed by atoms with E-state index in [1.807, 2.05) is 0 Å². The number of halogens is 3. The summed E-state index contributed by atoms with van der Waals surface area (Å²) in [6.07, 6.45) is 1.83. The molecule has 1 aromatic rings. The van der Waals surface area contributed by atoms with Crippen LogP contribution in [0.4, 0.5) is 8.78 Å². The second-order valence-electron chi connectivity index (χ2n) is 2.91. The first-order valence-electron chi connectivity index (χ1n) is 4.07. The number of benzene rings is 1. The van der Waals surface area contributed by atoms with Gasteiger partial charge in [-0.1, -0.05) is 17.7 Å². The average Bonchev–Trinajstić information content (AvgIpc) is 2.01. The molecule has 0 saturated heterocycles. The van der Waals surface area contributed by atoms with E-state index in [-0.39, 0.29) is 10.6 Å². The van der Waals surface area contributed by atoms with Gasteiger partial charge < -0.3 is 5.73 Å². The molecule has 4 heteroatoms. The molecule has 2 N–H and O–H groups in total. The van der Waals surface area contributed by atoms with Gasteiger partial charge in [-0.05, 0) is 18.6 Å². The maximum absolute atomic E-state index is 13.2. The molecule has 0 aromatic heterocycles. The first-order chi connectivity index (χ1) is 6.56. The van der Waals surface area contributed by atoms with Gasteiger partial charge in [0.1, 0.15) is 11.6 Å². The second kappa shape index (κ2) is 4.53. The molecule has 0 aliphatic heterocycles. The van der Waals surface area contributed by atoms with Crippen LogP contribution in [0.25, 0.3) is 0 Å². The minimum Gasteiger partial charge on any atom is -0.324 e. The predicted octanol–water partition coefficient (Wildman–Crippen LogP) is 3.19. The first-order valence-corrected chi connectivity index (χ1v) is 4.45. The predicted molar refractivity (Wildman–Crippen MR) is 53.1 cm³/mol. The Balaban J connectivity index is 3.13. The Morgan fingerprint density at radius 2 is 1.93 bits per heavy atom. The van der Waals surface area contributed by atoms with Crippen LogP contribution in [0.1, 0.15) is 18.0 Å². The van der Waals surface area contributed by atoms with Gasteiger partial charge in [0.25, 0.3) is 0 Å². The Bertz CT molecular complexity index is 329. The minimum absolute atomic E-state index is 0.0227. The van der Waals surface area contributed by atoms with Crippen LogP contribution in [0, 0.1) is 11.6 Å². The number of hydrogen-bond acceptors (Lipinski definition) is 1. The molecule has 0 aliphatic rings. The van der Waals surface area contributed by atoms with E-state index in [1.54, 1.807) is 0 Å². The quantitative estimate of drug-likeness (QED) is 0.774. The van der Waals surface area contributed by atoms with E-state index in [0.717, 1.165) is 12.1 Å². The van der Waals surface area contributed by atoms with Crippen LogP contribution in [-0.4, -0.2) is 0 Å². The van der Waals surface area contributed by atoms with E-state index >= 15 is 0 Å². The summed E-state index contributed by atoms with van der Waals surface area (Å²) in [5, 5.41) is 0.0227. The molecule has 76 valence electrons. The van der Waals surface area contributed by atoms with E-state index in [9.17, 15) is 8.78 Å². The molecule has 0 fully saturated rings. The lowest BCUT2D eigenvalue weighted by Crippen LogP contribution is -2.13. The van der Waals surface area contributed by atoms with Crippen molar-refractivity contribution in [3.63, 3.8) is 0 Å². The smallest absolute Gasteiger partial charge is 0.132 e. The van der Waals surface area contributed by atoms with Crippen molar-refractivity contribution < 1.29 is 8.78 Å². The van der Waals surface area contributed by atoms with Crippen molar-refractivity contribution in [2.75, 3.05) is 0 Å². The highest BCUT2D eigenvalue weighted by Crippen LogP contribution is 2.25. The first kappa shape index (κ1) is 11.1. The van der Waals surface area contributed by atoms with E-state index in [4.69, 9.17) is 17.3 Å². The summed E-state index contributed by atoms with van der Waals surface area (Å²) >= 11 is 5.46. The highest BCUT2D eigenvalue weighted by Gasteiger charge is 2.16. The molecule has 1 rings (SSSR count). The van der Waals surface area contributed by atoms with E-state index < -0.39 is 17.7 Å². The third kappa shape index (κ3) is 2.30. The molecule has 0 unspecified atom stereocenters. The van der Waals surface area contributed by atoms with Crippen LogP contribution < -0.4 is 5.73 Å². The molecule has 0 saturated carbocycles. The Morgan fingerprint density at radius 3 is 2.36 bits per heavy atom. The monoisotopic (exact) mass is 217 g/mol. The minimum atomic E-state index is -0.718. The SMILES string of the molecule is C=CC[C@@H](N)c1c(F)cc(Cl)cc1F. The van der Waals surface area contributed by atoms with Crippen LogP contribution in [0.2, 0.25) is 5.02 Å². The van der Waals surface area contributed by atoms with Gasteiger partial charge in [0.05, 0.1) is 0 Å². The molecule has 0 heterocycles. The fourth-order valence-electron chi connectivity index (χ4n) is 1.20. The zero-order chi connectivity index (χ0) is 10.7. The molecule has 1 nitrogen and oxygen atoms in total. The molecular weight excluding hydrogens is 208 g/mol. The maximum atomic E-state index is 13.2. The van der Waals surface area contributed by atoms with Crippen LogP contribution in [0.3, 0.4) is 0 Å². The second-order valence-corrected chi connectivity index (χ2v) is 3.35. The Kier molecular flexibility index (Phi) is 3.61. The highest BCUT2D eigenvalue weighted by atomic mass is 35.5. The van der Waals surface area contributed by atoms with Crippen molar-refractivity contribution in [3.05, 3.63) is 47.0 Å². The number of nitrogens with two attached hydrogens (primary N) is 1. The van der Waals surface area contributed by atoms with Gasteiger partial charge in [-0.15, -0.1) is 6.58 Å². The number of hydrogen-bond donors (Lipinski definition) is 1. The van der Waals surface area contributed by atoms with Crippen LogP contribution in [0.15, 0.2) is 24.8 Å². The fourth-order valence-corrected chi connectivity index (χ4v) is 1.40. The summed E-state index contributed by atoms with van der Waals surface area (Å²) < 4.78 is 26.5. The number of rotatable bonds is 3. The molecule has 0 amide bonds.